The first-order chi connectivity index (χ1) is 13.2. The SMILES string of the molecule is COc1c(S(=O)(=O)N[C@@H]2CCNC2)cn(C)c1C(=O)Nc1ccc(F)c(Cl)c1. The molecule has 2 aromatic rings. The summed E-state index contributed by atoms with van der Waals surface area (Å²) in [6, 6.07) is 3.50. The molecule has 3 rings (SSSR count). The van der Waals surface area contributed by atoms with E-state index in [1.807, 2.05) is 0 Å². The fourth-order valence-electron chi connectivity index (χ4n) is 3.03. The molecule has 1 saturated heterocycles. The first-order valence-corrected chi connectivity index (χ1v) is 10.3. The van der Waals surface area contributed by atoms with Gasteiger partial charge < -0.3 is 19.9 Å². The molecule has 0 aliphatic carbocycles. The van der Waals surface area contributed by atoms with Crippen molar-refractivity contribution in [3.05, 3.63) is 40.9 Å². The molecule has 0 radical (unpaired) electrons. The first kappa shape index (κ1) is 20.6. The summed E-state index contributed by atoms with van der Waals surface area (Å²) in [7, 11) is -1.07. The summed E-state index contributed by atoms with van der Waals surface area (Å²) in [5.41, 5.74) is 0.270. The zero-order valence-electron chi connectivity index (χ0n) is 15.3. The van der Waals surface area contributed by atoms with Gasteiger partial charge in [0.2, 0.25) is 10.0 Å². The Bertz CT molecular complexity index is 1000. The molecule has 1 aromatic heterocycles. The second-order valence-corrected chi connectivity index (χ2v) is 8.47. The molecule has 1 atom stereocenters. The van der Waals surface area contributed by atoms with Crippen LogP contribution >= 0.6 is 11.6 Å². The number of carbonyl (C=O) groups is 1. The number of aromatic nitrogens is 1. The minimum Gasteiger partial charge on any atom is -0.493 e. The third kappa shape index (κ3) is 4.14. The van der Waals surface area contributed by atoms with E-state index in [1.165, 1.54) is 37.1 Å². The van der Waals surface area contributed by atoms with Crippen molar-refractivity contribution in [1.82, 2.24) is 14.6 Å². The summed E-state index contributed by atoms with van der Waals surface area (Å²) in [4.78, 5) is 12.6. The number of carbonyl (C=O) groups excluding carboxylic acids is 1. The number of anilines is 1. The molecule has 1 aromatic carbocycles. The third-order valence-corrected chi connectivity index (χ3v) is 6.17. The molecule has 1 amide bonds. The predicted octanol–water partition coefficient (Wildman–Crippen LogP) is 1.72. The molecule has 0 unspecified atom stereocenters. The van der Waals surface area contributed by atoms with Gasteiger partial charge in [-0.05, 0) is 31.2 Å². The Kier molecular flexibility index (Phi) is 5.94. The number of hydrogen-bond acceptors (Lipinski definition) is 5. The van der Waals surface area contributed by atoms with Crippen LogP contribution in [0.5, 0.6) is 5.75 Å². The van der Waals surface area contributed by atoms with Gasteiger partial charge in [0.15, 0.2) is 11.4 Å². The maximum Gasteiger partial charge on any atom is 0.276 e. The van der Waals surface area contributed by atoms with Crippen LogP contribution < -0.4 is 20.1 Å². The largest absolute Gasteiger partial charge is 0.493 e. The molecule has 0 spiro atoms. The number of nitrogens with zero attached hydrogens (tertiary/aromatic N) is 1. The van der Waals surface area contributed by atoms with Crippen molar-refractivity contribution in [2.75, 3.05) is 25.5 Å². The van der Waals surface area contributed by atoms with Crippen molar-refractivity contribution in [3.63, 3.8) is 0 Å². The Morgan fingerprint density at radius 2 is 2.18 bits per heavy atom. The summed E-state index contributed by atoms with van der Waals surface area (Å²) in [5, 5.41) is 5.50. The van der Waals surface area contributed by atoms with Crippen LogP contribution in [-0.2, 0) is 17.1 Å². The van der Waals surface area contributed by atoms with Crippen LogP contribution in [0.15, 0.2) is 29.3 Å². The van der Waals surface area contributed by atoms with E-state index in [1.54, 1.807) is 0 Å². The zero-order chi connectivity index (χ0) is 20.5. The average Bonchev–Trinajstić information content (AvgIpc) is 3.25. The predicted molar refractivity (Wildman–Crippen MR) is 103 cm³/mol. The summed E-state index contributed by atoms with van der Waals surface area (Å²) < 4.78 is 48.1. The van der Waals surface area contributed by atoms with Gasteiger partial charge in [0.05, 0.1) is 12.1 Å². The lowest BCUT2D eigenvalue weighted by atomic mass is 10.3. The van der Waals surface area contributed by atoms with Gasteiger partial charge in [-0.2, -0.15) is 0 Å². The molecule has 0 saturated carbocycles. The van der Waals surface area contributed by atoms with Crippen molar-refractivity contribution in [2.45, 2.75) is 17.4 Å². The highest BCUT2D eigenvalue weighted by atomic mass is 35.5. The molecule has 1 aliphatic rings. The Balaban J connectivity index is 1.91. The van der Waals surface area contributed by atoms with E-state index in [9.17, 15) is 17.6 Å². The summed E-state index contributed by atoms with van der Waals surface area (Å²) in [6.45, 7) is 1.26. The number of nitrogens with one attached hydrogen (secondary N) is 3. The topological polar surface area (TPSA) is 101 Å². The summed E-state index contributed by atoms with van der Waals surface area (Å²) >= 11 is 5.73. The number of sulfonamides is 1. The smallest absolute Gasteiger partial charge is 0.276 e. The van der Waals surface area contributed by atoms with E-state index < -0.39 is 21.7 Å². The second-order valence-electron chi connectivity index (χ2n) is 6.38. The normalized spacial score (nSPS) is 16.9. The monoisotopic (exact) mass is 430 g/mol. The maximum atomic E-state index is 13.3. The van der Waals surface area contributed by atoms with Crippen LogP contribution in [-0.4, -0.2) is 45.1 Å². The minimum atomic E-state index is -3.89. The van der Waals surface area contributed by atoms with E-state index in [0.29, 0.717) is 13.0 Å². The van der Waals surface area contributed by atoms with Gasteiger partial charge in [-0.1, -0.05) is 11.6 Å². The van der Waals surface area contributed by atoms with Crippen molar-refractivity contribution in [2.24, 2.45) is 7.05 Å². The van der Waals surface area contributed by atoms with Crippen LogP contribution in [0.25, 0.3) is 0 Å². The van der Waals surface area contributed by atoms with E-state index in [4.69, 9.17) is 16.3 Å². The molecule has 28 heavy (non-hydrogen) atoms. The number of hydrogen-bond donors (Lipinski definition) is 3. The van der Waals surface area contributed by atoms with Gasteiger partial charge in [-0.3, -0.25) is 4.79 Å². The maximum absolute atomic E-state index is 13.3. The van der Waals surface area contributed by atoms with Crippen LogP contribution in [0.2, 0.25) is 5.02 Å². The van der Waals surface area contributed by atoms with Gasteiger partial charge >= 0.3 is 0 Å². The molecule has 8 nitrogen and oxygen atoms in total. The number of halogens is 2. The molecule has 0 bridgehead atoms. The Morgan fingerprint density at radius 1 is 1.43 bits per heavy atom. The van der Waals surface area contributed by atoms with E-state index in [0.717, 1.165) is 12.6 Å². The average molecular weight is 431 g/mol. The number of methoxy groups -OCH3 is 1. The molecule has 152 valence electrons. The van der Waals surface area contributed by atoms with Gasteiger partial charge in [0.25, 0.3) is 5.91 Å². The van der Waals surface area contributed by atoms with Crippen molar-refractivity contribution >= 4 is 33.2 Å². The third-order valence-electron chi connectivity index (χ3n) is 4.37. The van der Waals surface area contributed by atoms with Crippen LogP contribution in [0.3, 0.4) is 0 Å². The lowest BCUT2D eigenvalue weighted by Crippen LogP contribution is -2.36. The van der Waals surface area contributed by atoms with Crippen LogP contribution in [0.4, 0.5) is 10.1 Å². The molecule has 2 heterocycles. The first-order valence-electron chi connectivity index (χ1n) is 8.45. The van der Waals surface area contributed by atoms with E-state index in [-0.39, 0.29) is 33.1 Å². The molecule has 3 N–H and O–H groups in total. The second kappa shape index (κ2) is 8.08. The van der Waals surface area contributed by atoms with Gasteiger partial charge in [0, 0.05) is 31.5 Å². The summed E-state index contributed by atoms with van der Waals surface area (Å²) in [5.74, 6) is -1.31. The fourth-order valence-corrected chi connectivity index (χ4v) is 4.70. The Hall–Kier alpha value is -2.14. The zero-order valence-corrected chi connectivity index (χ0v) is 16.8. The molecule has 1 aliphatic heterocycles. The number of ether oxygens (including phenoxy) is 1. The lowest BCUT2D eigenvalue weighted by Gasteiger charge is -2.12. The fraction of sp³-hybridized carbons (Fsp3) is 0.353. The molecular formula is C17H20ClFN4O4S. The molecule has 11 heteroatoms. The Morgan fingerprint density at radius 3 is 2.79 bits per heavy atom. The Labute approximate surface area is 167 Å². The number of benzene rings is 1. The van der Waals surface area contributed by atoms with Crippen molar-refractivity contribution in [3.8, 4) is 5.75 Å². The van der Waals surface area contributed by atoms with Crippen LogP contribution in [0.1, 0.15) is 16.9 Å². The molecule has 1 fully saturated rings. The summed E-state index contributed by atoms with van der Waals surface area (Å²) in [6.07, 6.45) is 1.99. The quantitative estimate of drug-likeness (QED) is 0.647. The highest BCUT2D eigenvalue weighted by Crippen LogP contribution is 2.31. The number of amides is 1. The van der Waals surface area contributed by atoms with E-state index in [2.05, 4.69) is 15.4 Å². The highest BCUT2D eigenvalue weighted by Gasteiger charge is 2.31. The van der Waals surface area contributed by atoms with Gasteiger partial charge in [-0.25, -0.2) is 17.5 Å². The van der Waals surface area contributed by atoms with Crippen molar-refractivity contribution in [1.29, 1.82) is 0 Å². The highest BCUT2D eigenvalue weighted by molar-refractivity contribution is 7.89. The number of aryl methyl sites for hydroxylation is 1. The van der Waals surface area contributed by atoms with Gasteiger partial charge in [0.1, 0.15) is 10.7 Å². The standard InChI is InChI=1S/C17H20ClFN4O4S/c1-23-9-14(28(25,26)22-11-5-6-20-8-11)16(27-2)15(23)17(24)21-10-3-4-13(19)12(18)7-10/h3-4,7,9,11,20,22H,5-6,8H2,1-2H3,(H,21,24)/t11-/m1/s1. The lowest BCUT2D eigenvalue weighted by molar-refractivity contribution is 0.101. The van der Waals surface area contributed by atoms with Crippen molar-refractivity contribution < 1.29 is 22.3 Å². The molecular weight excluding hydrogens is 411 g/mol. The van der Waals surface area contributed by atoms with Crippen LogP contribution in [0, 0.1) is 5.82 Å². The van der Waals surface area contributed by atoms with E-state index >= 15 is 0 Å². The minimum absolute atomic E-state index is 0.00729. The number of rotatable bonds is 6. The van der Waals surface area contributed by atoms with Gasteiger partial charge in [-0.15, -0.1) is 0 Å².